The van der Waals surface area contributed by atoms with Gasteiger partial charge in [-0.3, -0.25) is 0 Å². The van der Waals surface area contributed by atoms with Gasteiger partial charge in [0.1, 0.15) is 0 Å². The van der Waals surface area contributed by atoms with Gasteiger partial charge >= 0.3 is 0 Å². The van der Waals surface area contributed by atoms with E-state index in [1.165, 1.54) is 70.6 Å². The van der Waals surface area contributed by atoms with Gasteiger partial charge < -0.3 is 5.11 Å². The van der Waals surface area contributed by atoms with Crippen molar-refractivity contribution in [3.05, 3.63) is 0 Å². The zero-order valence-electron chi connectivity index (χ0n) is 20.8. The van der Waals surface area contributed by atoms with Crippen LogP contribution in [0.4, 0.5) is 0 Å². The van der Waals surface area contributed by atoms with Gasteiger partial charge in [0.15, 0.2) is 0 Å². The second-order valence-electron chi connectivity index (χ2n) is 11.7. The van der Waals surface area contributed by atoms with Crippen LogP contribution in [0.15, 0.2) is 0 Å². The first-order chi connectivity index (χ1) is 14.7. The van der Waals surface area contributed by atoms with Gasteiger partial charge in [-0.1, -0.05) is 78.6 Å². The molecule has 30 heavy (non-hydrogen) atoms. The molecule has 176 valence electrons. The van der Waals surface area contributed by atoms with Gasteiger partial charge in [0.2, 0.25) is 0 Å². The molecule has 0 saturated heterocycles. The number of unbranched alkanes of at least 4 members (excludes halogenated alkanes) is 2. The topological polar surface area (TPSA) is 20.2 Å². The van der Waals surface area contributed by atoms with Gasteiger partial charge in [-0.2, -0.15) is 0 Å². The van der Waals surface area contributed by atoms with Gasteiger partial charge in [-0.05, 0) is 98.7 Å². The Hall–Kier alpha value is -0.0400. The summed E-state index contributed by atoms with van der Waals surface area (Å²) in [7, 11) is 0. The molecular weight excluding hydrogens is 364 g/mol. The van der Waals surface area contributed by atoms with Crippen molar-refractivity contribution in [3.63, 3.8) is 0 Å². The van der Waals surface area contributed by atoms with E-state index in [0.29, 0.717) is 6.61 Å². The van der Waals surface area contributed by atoms with Crippen LogP contribution in [0.3, 0.4) is 0 Å². The molecule has 1 nitrogen and oxygen atoms in total. The van der Waals surface area contributed by atoms with Gasteiger partial charge in [-0.15, -0.1) is 0 Å². The van der Waals surface area contributed by atoms with E-state index in [1.54, 1.807) is 32.1 Å². The smallest absolute Gasteiger partial charge is 0.0431 e. The average molecular weight is 419 g/mol. The molecule has 6 atom stereocenters. The molecule has 0 heterocycles. The van der Waals surface area contributed by atoms with E-state index in [9.17, 15) is 0 Å². The Labute approximate surface area is 189 Å². The molecule has 0 aromatic rings. The lowest BCUT2D eigenvalue weighted by molar-refractivity contribution is 0.0290. The molecule has 1 heteroatoms. The summed E-state index contributed by atoms with van der Waals surface area (Å²) in [6, 6.07) is 0. The SMILES string of the molecule is CCC1CCC(C2CCC(C3CCC(CCCCCO)CC3CC)CC2CC)CC1. The largest absolute Gasteiger partial charge is 0.396 e. The second-order valence-corrected chi connectivity index (χ2v) is 11.7. The van der Waals surface area contributed by atoms with Crippen molar-refractivity contribution in [2.75, 3.05) is 6.61 Å². The van der Waals surface area contributed by atoms with E-state index in [4.69, 9.17) is 5.11 Å². The fourth-order valence-corrected chi connectivity index (χ4v) is 8.29. The number of hydrogen-bond acceptors (Lipinski definition) is 1. The Morgan fingerprint density at radius 2 is 1.17 bits per heavy atom. The fourth-order valence-electron chi connectivity index (χ4n) is 8.29. The molecule has 3 fully saturated rings. The molecule has 0 spiro atoms. The van der Waals surface area contributed by atoms with Crippen molar-refractivity contribution in [2.45, 2.75) is 130 Å². The van der Waals surface area contributed by atoms with E-state index in [2.05, 4.69) is 20.8 Å². The molecule has 0 bridgehead atoms. The highest BCUT2D eigenvalue weighted by atomic mass is 16.2. The average Bonchev–Trinajstić information content (AvgIpc) is 2.81. The summed E-state index contributed by atoms with van der Waals surface area (Å²) >= 11 is 0. The van der Waals surface area contributed by atoms with E-state index in [0.717, 1.165) is 53.8 Å². The highest BCUT2D eigenvalue weighted by molar-refractivity contribution is 4.91. The maximum absolute atomic E-state index is 9.03. The molecule has 1 N–H and O–H groups in total. The molecular formula is C29H54O. The first kappa shape index (κ1) is 24.6. The maximum atomic E-state index is 9.03. The van der Waals surface area contributed by atoms with Crippen LogP contribution in [0.25, 0.3) is 0 Å². The summed E-state index contributed by atoms with van der Waals surface area (Å²) in [5.41, 5.74) is 0. The quantitative estimate of drug-likeness (QED) is 0.352. The third-order valence-electron chi connectivity index (χ3n) is 10.2. The van der Waals surface area contributed by atoms with E-state index in [-0.39, 0.29) is 0 Å². The third kappa shape index (κ3) is 6.49. The minimum absolute atomic E-state index is 0.381. The molecule has 3 saturated carbocycles. The number of hydrogen-bond donors (Lipinski definition) is 1. The Balaban J connectivity index is 1.49. The lowest BCUT2D eigenvalue weighted by Gasteiger charge is -2.47. The van der Waals surface area contributed by atoms with Crippen molar-refractivity contribution in [2.24, 2.45) is 47.3 Å². The van der Waals surface area contributed by atoms with Crippen LogP contribution in [-0.2, 0) is 0 Å². The van der Waals surface area contributed by atoms with Crippen LogP contribution in [0.5, 0.6) is 0 Å². The second kappa shape index (κ2) is 12.9. The summed E-state index contributed by atoms with van der Waals surface area (Å²) in [6.45, 7) is 7.75. The molecule has 0 aliphatic heterocycles. The van der Waals surface area contributed by atoms with Crippen LogP contribution < -0.4 is 0 Å². The van der Waals surface area contributed by atoms with Gasteiger partial charge in [-0.25, -0.2) is 0 Å². The van der Waals surface area contributed by atoms with Crippen LogP contribution in [0.2, 0.25) is 0 Å². The number of aliphatic hydroxyl groups is 1. The van der Waals surface area contributed by atoms with E-state index < -0.39 is 0 Å². The van der Waals surface area contributed by atoms with Gasteiger partial charge in [0, 0.05) is 6.61 Å². The highest BCUT2D eigenvalue weighted by Crippen LogP contribution is 2.51. The first-order valence-corrected chi connectivity index (χ1v) is 14.3. The number of aliphatic hydroxyl groups excluding tert-OH is 1. The zero-order valence-corrected chi connectivity index (χ0v) is 20.8. The summed E-state index contributed by atoms with van der Waals surface area (Å²) in [5, 5.41) is 9.03. The predicted molar refractivity (Wildman–Crippen MR) is 131 cm³/mol. The summed E-state index contributed by atoms with van der Waals surface area (Å²) in [6.07, 6.45) is 24.6. The minimum Gasteiger partial charge on any atom is -0.396 e. The Bertz CT molecular complexity index is 451. The first-order valence-electron chi connectivity index (χ1n) is 14.3. The fraction of sp³-hybridized carbons (Fsp3) is 1.00. The minimum atomic E-state index is 0.381. The van der Waals surface area contributed by atoms with Crippen LogP contribution in [0.1, 0.15) is 130 Å². The molecule has 3 rings (SSSR count). The van der Waals surface area contributed by atoms with Gasteiger partial charge in [0.05, 0.1) is 0 Å². The molecule has 0 radical (unpaired) electrons. The third-order valence-corrected chi connectivity index (χ3v) is 10.2. The van der Waals surface area contributed by atoms with Crippen molar-refractivity contribution in [3.8, 4) is 0 Å². The van der Waals surface area contributed by atoms with E-state index in [1.807, 2.05) is 0 Å². The maximum Gasteiger partial charge on any atom is 0.0431 e. The standard InChI is InChI=1S/C29H54O/c1-4-22-11-14-26(15-12-22)28-18-16-27(21-25(28)6-3)29-17-13-23(20-24(29)5-2)10-8-7-9-19-30/h22-30H,4-21H2,1-3H3. The number of rotatable bonds is 10. The van der Waals surface area contributed by atoms with Crippen molar-refractivity contribution >= 4 is 0 Å². The molecule has 3 aliphatic rings. The van der Waals surface area contributed by atoms with Crippen molar-refractivity contribution in [1.82, 2.24) is 0 Å². The molecule has 0 aromatic carbocycles. The lowest BCUT2D eigenvalue weighted by atomic mass is 9.58. The monoisotopic (exact) mass is 418 g/mol. The lowest BCUT2D eigenvalue weighted by Crippen LogP contribution is -2.38. The Morgan fingerprint density at radius 3 is 1.83 bits per heavy atom. The van der Waals surface area contributed by atoms with Crippen molar-refractivity contribution in [1.29, 1.82) is 0 Å². The molecule has 6 unspecified atom stereocenters. The highest BCUT2D eigenvalue weighted by Gasteiger charge is 2.41. The Morgan fingerprint density at radius 1 is 0.567 bits per heavy atom. The summed E-state index contributed by atoms with van der Waals surface area (Å²) < 4.78 is 0. The summed E-state index contributed by atoms with van der Waals surface area (Å²) in [5.74, 6) is 8.26. The molecule has 0 amide bonds. The van der Waals surface area contributed by atoms with Crippen LogP contribution >= 0.6 is 0 Å². The normalized spacial score (nSPS) is 40.4. The molecule has 3 aliphatic carbocycles. The molecule has 0 aromatic heterocycles. The van der Waals surface area contributed by atoms with Crippen molar-refractivity contribution < 1.29 is 5.11 Å². The zero-order chi connectivity index (χ0) is 21.3. The van der Waals surface area contributed by atoms with Crippen LogP contribution in [0, 0.1) is 47.3 Å². The predicted octanol–water partition coefficient (Wildman–Crippen LogP) is 8.64. The van der Waals surface area contributed by atoms with E-state index >= 15 is 0 Å². The van der Waals surface area contributed by atoms with Crippen LogP contribution in [-0.4, -0.2) is 11.7 Å². The summed E-state index contributed by atoms with van der Waals surface area (Å²) in [4.78, 5) is 0. The van der Waals surface area contributed by atoms with Gasteiger partial charge in [0.25, 0.3) is 0 Å². The Kier molecular flexibility index (Phi) is 10.5.